The average molecular weight is 333 g/mol. The van der Waals surface area contributed by atoms with Gasteiger partial charge in [0.05, 0.1) is 6.61 Å². The first-order chi connectivity index (χ1) is 9.98. The fourth-order valence-electron chi connectivity index (χ4n) is 2.38. The van der Waals surface area contributed by atoms with E-state index in [0.717, 1.165) is 19.6 Å². The molecule has 0 aliphatic carbocycles. The Morgan fingerprint density at radius 3 is 2.43 bits per heavy atom. The molecule has 2 rings (SSSR count). The minimum atomic E-state index is -3.57. The van der Waals surface area contributed by atoms with E-state index in [9.17, 15) is 8.42 Å². The number of rotatable bonds is 5. The summed E-state index contributed by atoms with van der Waals surface area (Å²) >= 11 is 5.96. The van der Waals surface area contributed by atoms with E-state index >= 15 is 0 Å². The molecule has 0 amide bonds. The van der Waals surface area contributed by atoms with Gasteiger partial charge in [0, 0.05) is 31.2 Å². The maximum absolute atomic E-state index is 12.8. The molecule has 1 saturated heterocycles. The van der Waals surface area contributed by atoms with Crippen LogP contribution in [-0.2, 0) is 10.0 Å². The highest BCUT2D eigenvalue weighted by Crippen LogP contribution is 2.30. The van der Waals surface area contributed by atoms with Crippen LogP contribution in [0.15, 0.2) is 23.1 Å². The zero-order valence-corrected chi connectivity index (χ0v) is 14.0. The molecule has 0 bridgehead atoms. The van der Waals surface area contributed by atoms with Gasteiger partial charge in [-0.2, -0.15) is 4.31 Å². The summed E-state index contributed by atoms with van der Waals surface area (Å²) < 4.78 is 32.5. The van der Waals surface area contributed by atoms with E-state index < -0.39 is 10.0 Å². The molecule has 1 fully saturated rings. The van der Waals surface area contributed by atoms with Gasteiger partial charge in [-0.15, -0.1) is 0 Å². The van der Waals surface area contributed by atoms with E-state index in [-0.39, 0.29) is 4.90 Å². The summed E-state index contributed by atoms with van der Waals surface area (Å²) in [6.45, 7) is 7.74. The molecule has 1 heterocycles. The van der Waals surface area contributed by atoms with E-state index in [1.165, 1.54) is 10.4 Å². The molecule has 0 atom stereocenters. The van der Waals surface area contributed by atoms with Crippen molar-refractivity contribution in [2.75, 3.05) is 39.3 Å². The first-order valence-corrected chi connectivity index (χ1v) is 8.95. The van der Waals surface area contributed by atoms with Gasteiger partial charge in [-0.25, -0.2) is 8.42 Å². The lowest BCUT2D eigenvalue weighted by Gasteiger charge is -2.33. The minimum absolute atomic E-state index is 0.154. The van der Waals surface area contributed by atoms with E-state index in [0.29, 0.717) is 30.5 Å². The highest BCUT2D eigenvalue weighted by Gasteiger charge is 2.30. The number of hydrogen-bond donors (Lipinski definition) is 0. The maximum Gasteiger partial charge on any atom is 0.246 e. The van der Waals surface area contributed by atoms with Crippen LogP contribution in [0.4, 0.5) is 0 Å². The largest absolute Gasteiger partial charge is 0.492 e. The van der Waals surface area contributed by atoms with Gasteiger partial charge in [-0.1, -0.05) is 18.5 Å². The summed E-state index contributed by atoms with van der Waals surface area (Å²) in [4.78, 5) is 2.38. The van der Waals surface area contributed by atoms with E-state index in [1.54, 1.807) is 12.1 Å². The predicted molar refractivity (Wildman–Crippen MR) is 83.5 cm³/mol. The summed E-state index contributed by atoms with van der Waals surface area (Å²) in [5.41, 5.74) is 0. The Morgan fingerprint density at radius 2 is 1.86 bits per heavy atom. The van der Waals surface area contributed by atoms with Gasteiger partial charge >= 0.3 is 0 Å². The highest BCUT2D eigenvalue weighted by molar-refractivity contribution is 7.89. The summed E-state index contributed by atoms with van der Waals surface area (Å²) in [6.07, 6.45) is 0. The SMILES string of the molecule is CCOc1ccc(Cl)cc1S(=O)(=O)N1CCN(CC)CC1. The summed E-state index contributed by atoms with van der Waals surface area (Å²) in [5, 5.41) is 0.393. The standard InChI is InChI=1S/C14H21ClN2O3S/c1-3-16-7-9-17(10-8-16)21(18,19)14-11-12(15)5-6-13(14)20-4-2/h5-6,11H,3-4,7-10H2,1-2H3. The highest BCUT2D eigenvalue weighted by atomic mass is 35.5. The predicted octanol–water partition coefficient (Wildman–Crippen LogP) is 2.06. The molecule has 21 heavy (non-hydrogen) atoms. The molecular weight excluding hydrogens is 312 g/mol. The van der Waals surface area contributed by atoms with Crippen molar-refractivity contribution in [2.45, 2.75) is 18.7 Å². The topological polar surface area (TPSA) is 49.9 Å². The molecule has 0 aromatic heterocycles. The number of sulfonamides is 1. The number of hydrogen-bond acceptors (Lipinski definition) is 4. The lowest BCUT2D eigenvalue weighted by molar-refractivity contribution is 0.196. The Hall–Kier alpha value is -0.820. The second-order valence-electron chi connectivity index (χ2n) is 4.86. The number of ether oxygens (including phenoxy) is 1. The molecule has 0 spiro atoms. The molecule has 0 unspecified atom stereocenters. The molecule has 5 nitrogen and oxygen atoms in total. The third-order valence-corrected chi connectivity index (χ3v) is 5.76. The third kappa shape index (κ3) is 3.69. The van der Waals surface area contributed by atoms with Gasteiger partial charge in [-0.05, 0) is 31.7 Å². The van der Waals surface area contributed by atoms with Crippen molar-refractivity contribution in [2.24, 2.45) is 0 Å². The van der Waals surface area contributed by atoms with Crippen molar-refractivity contribution in [1.82, 2.24) is 9.21 Å². The van der Waals surface area contributed by atoms with Crippen molar-refractivity contribution >= 4 is 21.6 Å². The quantitative estimate of drug-likeness (QED) is 0.828. The summed E-state index contributed by atoms with van der Waals surface area (Å²) in [7, 11) is -3.57. The van der Waals surface area contributed by atoms with Crippen LogP contribution in [0, 0.1) is 0 Å². The van der Waals surface area contributed by atoms with E-state index in [4.69, 9.17) is 16.3 Å². The summed E-state index contributed by atoms with van der Waals surface area (Å²) in [5.74, 6) is 0.361. The molecule has 7 heteroatoms. The number of benzene rings is 1. The van der Waals surface area contributed by atoms with Crippen LogP contribution < -0.4 is 4.74 Å². The molecule has 1 aliphatic heterocycles. The Balaban J connectivity index is 2.29. The molecule has 0 radical (unpaired) electrons. The van der Waals surface area contributed by atoms with Gasteiger partial charge in [-0.3, -0.25) is 0 Å². The lowest BCUT2D eigenvalue weighted by Crippen LogP contribution is -2.48. The van der Waals surface area contributed by atoms with Crippen molar-refractivity contribution < 1.29 is 13.2 Å². The Kier molecular flexibility index (Phi) is 5.48. The van der Waals surface area contributed by atoms with Gasteiger partial charge in [0.15, 0.2) is 0 Å². The van der Waals surface area contributed by atoms with Gasteiger partial charge in [0.2, 0.25) is 10.0 Å². The Bertz CT molecular complexity index is 584. The number of halogens is 1. The number of piperazine rings is 1. The first kappa shape index (κ1) is 16.5. The molecule has 1 aromatic carbocycles. The van der Waals surface area contributed by atoms with Crippen LogP contribution in [0.2, 0.25) is 5.02 Å². The van der Waals surface area contributed by atoms with Crippen LogP contribution in [-0.4, -0.2) is 57.0 Å². The second kappa shape index (κ2) is 6.96. The van der Waals surface area contributed by atoms with Crippen molar-refractivity contribution in [3.05, 3.63) is 23.2 Å². The van der Waals surface area contributed by atoms with Crippen LogP contribution in [0.5, 0.6) is 5.75 Å². The molecular formula is C14H21ClN2O3S. The van der Waals surface area contributed by atoms with Crippen LogP contribution in [0.1, 0.15) is 13.8 Å². The van der Waals surface area contributed by atoms with Crippen molar-refractivity contribution in [1.29, 1.82) is 0 Å². The van der Waals surface area contributed by atoms with E-state index in [2.05, 4.69) is 11.8 Å². The van der Waals surface area contributed by atoms with Gasteiger partial charge in [0.25, 0.3) is 0 Å². The van der Waals surface area contributed by atoms with Crippen molar-refractivity contribution in [3.63, 3.8) is 0 Å². The van der Waals surface area contributed by atoms with Crippen LogP contribution >= 0.6 is 11.6 Å². The second-order valence-corrected chi connectivity index (χ2v) is 7.21. The monoisotopic (exact) mass is 332 g/mol. The zero-order valence-electron chi connectivity index (χ0n) is 12.4. The summed E-state index contributed by atoms with van der Waals surface area (Å²) in [6, 6.07) is 4.72. The minimum Gasteiger partial charge on any atom is -0.492 e. The van der Waals surface area contributed by atoms with Crippen molar-refractivity contribution in [3.8, 4) is 5.75 Å². The average Bonchev–Trinajstić information content (AvgIpc) is 2.49. The molecule has 0 N–H and O–H groups in total. The molecule has 1 aliphatic rings. The van der Waals surface area contributed by atoms with Crippen LogP contribution in [0.3, 0.4) is 0 Å². The zero-order chi connectivity index (χ0) is 15.5. The normalized spacial score (nSPS) is 17.9. The maximum atomic E-state index is 12.8. The van der Waals surface area contributed by atoms with Gasteiger partial charge in [0.1, 0.15) is 10.6 Å². The number of nitrogens with zero attached hydrogens (tertiary/aromatic N) is 2. The molecule has 0 saturated carbocycles. The lowest BCUT2D eigenvalue weighted by atomic mass is 10.3. The smallest absolute Gasteiger partial charge is 0.246 e. The first-order valence-electron chi connectivity index (χ1n) is 7.14. The fraction of sp³-hybridized carbons (Fsp3) is 0.571. The fourth-order valence-corrected chi connectivity index (χ4v) is 4.20. The van der Waals surface area contributed by atoms with Crippen LogP contribution in [0.25, 0.3) is 0 Å². The van der Waals surface area contributed by atoms with Gasteiger partial charge < -0.3 is 9.64 Å². The Morgan fingerprint density at radius 1 is 1.19 bits per heavy atom. The Labute approximate surface area is 131 Å². The molecule has 1 aromatic rings. The third-order valence-electron chi connectivity index (χ3n) is 3.60. The number of likely N-dealkylation sites (N-methyl/N-ethyl adjacent to an activating group) is 1. The van der Waals surface area contributed by atoms with E-state index in [1.807, 2.05) is 6.92 Å². The molecule has 118 valence electrons.